The molecule has 0 aliphatic carbocycles. The lowest BCUT2D eigenvalue weighted by molar-refractivity contribution is 0.142. The Hall–Kier alpha value is -4.47. The Balaban J connectivity index is 1.32. The van der Waals surface area contributed by atoms with Gasteiger partial charge in [0.05, 0.1) is 11.4 Å². The Morgan fingerprint density at radius 1 is 1.00 bits per heavy atom. The average Bonchev–Trinajstić information content (AvgIpc) is 3.40. The number of benzene rings is 2. The number of amides is 1. The van der Waals surface area contributed by atoms with Gasteiger partial charge in [0.2, 0.25) is 0 Å². The Morgan fingerprint density at radius 2 is 1.81 bits per heavy atom. The maximum atomic E-state index is 14.9. The third-order valence-electron chi connectivity index (χ3n) is 6.63. The summed E-state index contributed by atoms with van der Waals surface area (Å²) < 4.78 is 17.1. The summed E-state index contributed by atoms with van der Waals surface area (Å²) in [7, 11) is 0. The second kappa shape index (κ2) is 8.95. The zero-order valence-corrected chi connectivity index (χ0v) is 19.4. The molecule has 0 bridgehead atoms. The van der Waals surface area contributed by atoms with E-state index in [1.54, 1.807) is 18.3 Å². The molecule has 4 aliphatic heterocycles. The van der Waals surface area contributed by atoms with Crippen molar-refractivity contribution in [3.63, 3.8) is 0 Å². The van der Waals surface area contributed by atoms with Gasteiger partial charge in [0.1, 0.15) is 17.5 Å². The summed E-state index contributed by atoms with van der Waals surface area (Å²) >= 11 is 0. The first-order chi connectivity index (χ1) is 17.6. The van der Waals surface area contributed by atoms with Gasteiger partial charge >= 0.3 is 6.09 Å². The quantitative estimate of drug-likeness (QED) is 0.460. The number of nitrogens with zero attached hydrogens (tertiary/aromatic N) is 6. The van der Waals surface area contributed by atoms with Gasteiger partial charge in [0.25, 0.3) is 5.62 Å². The molecule has 2 aromatic rings. The van der Waals surface area contributed by atoms with Crippen LogP contribution in [0.3, 0.4) is 0 Å². The van der Waals surface area contributed by atoms with Gasteiger partial charge in [-0.15, -0.1) is 0 Å². The molecule has 36 heavy (non-hydrogen) atoms. The third-order valence-corrected chi connectivity index (χ3v) is 6.63. The van der Waals surface area contributed by atoms with Gasteiger partial charge in [-0.05, 0) is 23.8 Å². The van der Waals surface area contributed by atoms with E-state index in [1.165, 1.54) is 11.0 Å². The summed E-state index contributed by atoms with van der Waals surface area (Å²) in [5, 5.41) is 12.6. The molecular formula is C26H24FN7O2. The topological polar surface area (TPSA) is 98.9 Å². The lowest BCUT2D eigenvalue weighted by atomic mass is 10.0. The van der Waals surface area contributed by atoms with Crippen molar-refractivity contribution < 1.29 is 14.3 Å². The second-order valence-corrected chi connectivity index (χ2v) is 8.80. The van der Waals surface area contributed by atoms with Gasteiger partial charge in [-0.1, -0.05) is 30.3 Å². The van der Waals surface area contributed by atoms with Gasteiger partial charge in [-0.2, -0.15) is 4.98 Å². The minimum atomic E-state index is -0.949. The van der Waals surface area contributed by atoms with Crippen LogP contribution in [0.4, 0.5) is 26.4 Å². The zero-order valence-electron chi connectivity index (χ0n) is 19.4. The summed E-state index contributed by atoms with van der Waals surface area (Å²) in [4.78, 5) is 27.9. The van der Waals surface area contributed by atoms with Crippen molar-refractivity contribution in [2.24, 2.45) is 4.99 Å². The summed E-state index contributed by atoms with van der Waals surface area (Å²) in [5.41, 5.74) is 4.23. The van der Waals surface area contributed by atoms with Crippen molar-refractivity contribution in [3.05, 3.63) is 72.2 Å². The molecule has 1 amide bonds. The van der Waals surface area contributed by atoms with Crippen LogP contribution in [-0.4, -0.2) is 63.4 Å². The van der Waals surface area contributed by atoms with E-state index in [9.17, 15) is 9.18 Å². The van der Waals surface area contributed by atoms with Crippen LogP contribution in [0.2, 0.25) is 0 Å². The van der Waals surface area contributed by atoms with Crippen molar-refractivity contribution in [1.29, 1.82) is 0 Å². The number of pyridine rings is 1. The third kappa shape index (κ3) is 4.00. The number of fused-ring (bicyclic) bond motifs is 3. The van der Waals surface area contributed by atoms with Crippen molar-refractivity contribution in [3.8, 4) is 22.5 Å². The Kier molecular flexibility index (Phi) is 5.48. The lowest BCUT2D eigenvalue weighted by Crippen LogP contribution is -2.48. The fraction of sp³-hybridized carbons (Fsp3) is 0.231. The number of aromatic nitrogens is 3. The number of hydrogen-bond donors (Lipinski definition) is 2. The highest BCUT2D eigenvalue weighted by molar-refractivity contribution is 5.82. The lowest BCUT2D eigenvalue weighted by Gasteiger charge is -2.34. The van der Waals surface area contributed by atoms with Crippen LogP contribution in [0.25, 0.3) is 22.5 Å². The fourth-order valence-corrected chi connectivity index (χ4v) is 4.83. The SMILES string of the molecule is O=C(O)N1CCN(c2ccc(N=c3ncc4cc(-c5ccccc5)c5n(c-4n3)CCN5)cc2F)CC1. The highest BCUT2D eigenvalue weighted by Crippen LogP contribution is 2.36. The van der Waals surface area contributed by atoms with E-state index in [-0.39, 0.29) is 5.62 Å². The number of piperazine rings is 1. The molecule has 0 unspecified atom stereocenters. The smallest absolute Gasteiger partial charge is 0.407 e. The van der Waals surface area contributed by atoms with Crippen LogP contribution >= 0.6 is 0 Å². The minimum Gasteiger partial charge on any atom is -0.465 e. The Bertz CT molecular complexity index is 1480. The molecule has 0 atom stereocenters. The van der Waals surface area contributed by atoms with Gasteiger partial charge in [-0.25, -0.2) is 19.2 Å². The minimum absolute atomic E-state index is 0.263. The van der Waals surface area contributed by atoms with E-state index >= 15 is 0 Å². The molecular weight excluding hydrogens is 461 g/mol. The number of halogens is 1. The summed E-state index contributed by atoms with van der Waals surface area (Å²) in [6.07, 6.45) is 0.807. The molecule has 0 radical (unpaired) electrons. The number of nitrogens with one attached hydrogen (secondary N) is 1. The second-order valence-electron chi connectivity index (χ2n) is 8.80. The summed E-state index contributed by atoms with van der Waals surface area (Å²) in [5.74, 6) is 1.38. The van der Waals surface area contributed by atoms with Gasteiger partial charge in [0.15, 0.2) is 0 Å². The zero-order chi connectivity index (χ0) is 24.6. The van der Waals surface area contributed by atoms with E-state index in [0.717, 1.165) is 41.4 Å². The summed E-state index contributed by atoms with van der Waals surface area (Å²) in [6.45, 7) is 3.15. The predicted molar refractivity (Wildman–Crippen MR) is 134 cm³/mol. The van der Waals surface area contributed by atoms with Crippen molar-refractivity contribution in [1.82, 2.24) is 19.4 Å². The largest absolute Gasteiger partial charge is 0.465 e. The number of hydrogen-bond acceptors (Lipinski definition) is 6. The van der Waals surface area contributed by atoms with Crippen LogP contribution in [0.1, 0.15) is 0 Å². The number of anilines is 2. The summed E-state index contributed by atoms with van der Waals surface area (Å²) in [6, 6.07) is 17.0. The van der Waals surface area contributed by atoms with Crippen molar-refractivity contribution in [2.75, 3.05) is 42.9 Å². The van der Waals surface area contributed by atoms with Crippen molar-refractivity contribution in [2.45, 2.75) is 6.54 Å². The highest BCUT2D eigenvalue weighted by Gasteiger charge is 2.23. The predicted octanol–water partition coefficient (Wildman–Crippen LogP) is 3.65. The molecule has 6 rings (SSSR count). The van der Waals surface area contributed by atoms with Crippen molar-refractivity contribution >= 4 is 23.3 Å². The van der Waals surface area contributed by atoms with E-state index in [0.29, 0.717) is 37.6 Å². The molecule has 4 heterocycles. The molecule has 10 heteroatoms. The fourth-order valence-electron chi connectivity index (χ4n) is 4.83. The molecule has 1 saturated heterocycles. The molecule has 1 fully saturated rings. The first-order valence-corrected chi connectivity index (χ1v) is 11.8. The number of rotatable bonds is 3. The van der Waals surface area contributed by atoms with Crippen LogP contribution in [0, 0.1) is 5.82 Å². The molecule has 0 saturated carbocycles. The highest BCUT2D eigenvalue weighted by atomic mass is 19.1. The van der Waals surface area contributed by atoms with E-state index < -0.39 is 11.9 Å². The molecule has 4 aliphatic rings. The van der Waals surface area contributed by atoms with E-state index in [2.05, 4.69) is 38.1 Å². The molecule has 182 valence electrons. The molecule has 0 spiro atoms. The maximum absolute atomic E-state index is 14.9. The molecule has 9 nitrogen and oxygen atoms in total. The molecule has 2 N–H and O–H groups in total. The number of carboxylic acid groups (broad SMARTS) is 1. The standard InChI is InChI=1S/C26H24FN7O2/c27-21-15-19(6-7-22(21)32-10-12-33(13-11-32)26(35)36)30-25-29-16-18-14-20(17-4-2-1-3-5-17)24-28-8-9-34(24)23(18)31-25/h1-7,14-16,28H,8-13H2,(H,35,36). The Labute approximate surface area is 206 Å². The van der Waals surface area contributed by atoms with Gasteiger partial charge in [-0.3, -0.25) is 0 Å². The van der Waals surface area contributed by atoms with Crippen LogP contribution in [0.15, 0.2) is 65.8 Å². The number of carbonyl (C=O) groups is 1. The van der Waals surface area contributed by atoms with E-state index in [4.69, 9.17) is 10.1 Å². The average molecular weight is 486 g/mol. The first kappa shape index (κ1) is 22.0. The van der Waals surface area contributed by atoms with Crippen LogP contribution < -0.4 is 15.8 Å². The monoisotopic (exact) mass is 485 g/mol. The molecule has 2 aromatic carbocycles. The Morgan fingerprint density at radius 3 is 2.56 bits per heavy atom. The van der Waals surface area contributed by atoms with Gasteiger partial charge < -0.3 is 24.8 Å². The van der Waals surface area contributed by atoms with Gasteiger partial charge in [0, 0.05) is 62.7 Å². The maximum Gasteiger partial charge on any atom is 0.407 e. The normalized spacial score (nSPS) is 15.8. The molecule has 0 aromatic heterocycles. The van der Waals surface area contributed by atoms with E-state index in [1.807, 2.05) is 23.1 Å². The first-order valence-electron chi connectivity index (χ1n) is 11.8. The van der Waals surface area contributed by atoms with Crippen LogP contribution in [-0.2, 0) is 6.54 Å². The van der Waals surface area contributed by atoms with Crippen LogP contribution in [0.5, 0.6) is 0 Å².